The molecule has 0 spiro atoms. The van der Waals surface area contributed by atoms with Gasteiger partial charge >= 0.3 is 17.9 Å². The molecule has 7 nitrogen and oxygen atoms in total. The van der Waals surface area contributed by atoms with Crippen LogP contribution in [0.2, 0.25) is 0 Å². The van der Waals surface area contributed by atoms with Crippen molar-refractivity contribution >= 4 is 30.3 Å². The third-order valence-corrected chi connectivity index (χ3v) is 5.84. The van der Waals surface area contributed by atoms with Crippen LogP contribution in [0.1, 0.15) is 56.8 Å². The molecular formula is C25H28ClNO6. The molecule has 0 N–H and O–H groups in total. The fourth-order valence-corrected chi connectivity index (χ4v) is 4.86. The topological polar surface area (TPSA) is 82.1 Å². The van der Waals surface area contributed by atoms with Crippen LogP contribution in [0.15, 0.2) is 24.3 Å². The highest BCUT2D eigenvalue weighted by atomic mass is 35.5. The summed E-state index contributed by atoms with van der Waals surface area (Å²) in [7, 11) is 0. The van der Waals surface area contributed by atoms with E-state index in [9.17, 15) is 14.4 Å². The first-order chi connectivity index (χ1) is 15.3. The van der Waals surface area contributed by atoms with Crippen LogP contribution in [0.5, 0.6) is 17.2 Å². The van der Waals surface area contributed by atoms with E-state index in [1.54, 1.807) is 6.07 Å². The lowest BCUT2D eigenvalue weighted by Gasteiger charge is -2.42. The molecule has 4 rings (SSSR count). The molecule has 33 heavy (non-hydrogen) atoms. The second-order valence-corrected chi connectivity index (χ2v) is 8.26. The molecule has 8 heteroatoms. The second kappa shape index (κ2) is 9.93. The van der Waals surface area contributed by atoms with Gasteiger partial charge in [-0.1, -0.05) is 13.0 Å². The van der Waals surface area contributed by atoms with Crippen molar-refractivity contribution in [2.45, 2.75) is 53.0 Å². The van der Waals surface area contributed by atoms with Gasteiger partial charge in [-0.3, -0.25) is 19.3 Å². The summed E-state index contributed by atoms with van der Waals surface area (Å²) < 4.78 is 16.4. The Kier molecular flexibility index (Phi) is 7.44. The minimum atomic E-state index is -0.508. The van der Waals surface area contributed by atoms with Gasteiger partial charge in [-0.25, -0.2) is 0 Å². The number of benzene rings is 2. The molecule has 1 aliphatic heterocycles. The van der Waals surface area contributed by atoms with Crippen molar-refractivity contribution in [3.8, 4) is 28.4 Å². The zero-order valence-electron chi connectivity index (χ0n) is 19.2. The van der Waals surface area contributed by atoms with E-state index in [-0.39, 0.29) is 29.9 Å². The number of carbonyl (C=O) groups excluding carboxylic acids is 3. The first kappa shape index (κ1) is 24.7. The Morgan fingerprint density at radius 2 is 1.67 bits per heavy atom. The lowest BCUT2D eigenvalue weighted by molar-refractivity contribution is -0.134. The number of nitrogens with zero attached hydrogens (tertiary/aromatic N) is 1. The molecule has 0 bridgehead atoms. The standard InChI is InChI=1S/C25H27NO6.ClH/c1-5-9-26-10-8-18-11-19(30-14(2)27)13-20-23(18)21(26)12-17-6-7-22(31-15(3)28)25(24(17)20)32-16(4)29;/h6-7,11,13,21H,5,8-10,12H2,1-4H3;1H. The molecule has 0 aromatic heterocycles. The average Bonchev–Trinajstić information content (AvgIpc) is 2.70. The number of fused-ring (bicyclic) bond motifs is 2. The molecule has 0 amide bonds. The fourth-order valence-electron chi connectivity index (χ4n) is 4.86. The van der Waals surface area contributed by atoms with E-state index in [0.717, 1.165) is 54.6 Å². The molecular weight excluding hydrogens is 446 g/mol. The highest BCUT2D eigenvalue weighted by Crippen LogP contribution is 2.52. The van der Waals surface area contributed by atoms with Crippen molar-refractivity contribution < 1.29 is 28.6 Å². The van der Waals surface area contributed by atoms with Gasteiger partial charge in [-0.2, -0.15) is 0 Å². The van der Waals surface area contributed by atoms with E-state index < -0.39 is 17.9 Å². The van der Waals surface area contributed by atoms with Gasteiger partial charge in [0.25, 0.3) is 0 Å². The Bertz CT molecular complexity index is 1110. The SMILES string of the molecule is CCCN1CCc2cc(OC(C)=O)cc3c2C1Cc1ccc(OC(C)=O)c(OC(C)=O)c1-3.Cl. The summed E-state index contributed by atoms with van der Waals surface area (Å²) in [4.78, 5) is 37.8. The first-order valence-electron chi connectivity index (χ1n) is 10.9. The highest BCUT2D eigenvalue weighted by molar-refractivity contribution is 5.87. The van der Waals surface area contributed by atoms with Crippen LogP contribution >= 0.6 is 12.4 Å². The maximum atomic E-state index is 12.0. The van der Waals surface area contributed by atoms with E-state index in [4.69, 9.17) is 14.2 Å². The van der Waals surface area contributed by atoms with Crippen LogP contribution in [-0.2, 0) is 27.2 Å². The van der Waals surface area contributed by atoms with Gasteiger partial charge < -0.3 is 14.2 Å². The maximum absolute atomic E-state index is 12.0. The first-order valence-corrected chi connectivity index (χ1v) is 10.9. The number of carbonyl (C=O) groups is 3. The molecule has 2 aromatic rings. The van der Waals surface area contributed by atoms with Crippen molar-refractivity contribution in [3.05, 3.63) is 41.0 Å². The van der Waals surface area contributed by atoms with E-state index in [1.807, 2.05) is 18.2 Å². The molecule has 176 valence electrons. The molecule has 2 aliphatic rings. The van der Waals surface area contributed by atoms with Crippen molar-refractivity contribution in [2.24, 2.45) is 0 Å². The third kappa shape index (κ3) is 4.89. The lowest BCUT2D eigenvalue weighted by Crippen LogP contribution is -2.39. The van der Waals surface area contributed by atoms with Crippen molar-refractivity contribution in [1.82, 2.24) is 4.90 Å². The number of rotatable bonds is 5. The fraction of sp³-hybridized carbons (Fsp3) is 0.400. The zero-order valence-corrected chi connectivity index (χ0v) is 20.0. The molecule has 2 aromatic carbocycles. The van der Waals surface area contributed by atoms with Gasteiger partial charge in [0.1, 0.15) is 5.75 Å². The smallest absolute Gasteiger partial charge is 0.308 e. The van der Waals surface area contributed by atoms with Gasteiger partial charge in [0.15, 0.2) is 11.5 Å². The van der Waals surface area contributed by atoms with Crippen molar-refractivity contribution in [1.29, 1.82) is 0 Å². The Hall–Kier alpha value is -2.90. The number of hydrogen-bond acceptors (Lipinski definition) is 7. The van der Waals surface area contributed by atoms with Crippen molar-refractivity contribution in [2.75, 3.05) is 13.1 Å². The Morgan fingerprint density at radius 1 is 0.970 bits per heavy atom. The summed E-state index contributed by atoms with van der Waals surface area (Å²) in [5.41, 5.74) is 4.81. The van der Waals surface area contributed by atoms with Gasteiger partial charge in [0.05, 0.1) is 0 Å². The molecule has 0 saturated carbocycles. The number of ether oxygens (including phenoxy) is 3. The Balaban J connectivity index is 0.00000306. The summed E-state index contributed by atoms with van der Waals surface area (Å²) >= 11 is 0. The minimum absolute atomic E-state index is 0. The molecule has 1 atom stereocenters. The summed E-state index contributed by atoms with van der Waals surface area (Å²) in [5.74, 6) is -0.546. The van der Waals surface area contributed by atoms with Crippen LogP contribution in [-0.4, -0.2) is 35.9 Å². The molecule has 0 radical (unpaired) electrons. The molecule has 0 saturated heterocycles. The monoisotopic (exact) mass is 473 g/mol. The van der Waals surface area contributed by atoms with E-state index in [1.165, 1.54) is 20.8 Å². The summed E-state index contributed by atoms with van der Waals surface area (Å²) in [6, 6.07) is 7.53. The van der Waals surface area contributed by atoms with Gasteiger partial charge in [0.2, 0.25) is 0 Å². The van der Waals surface area contributed by atoms with Crippen LogP contribution in [0.25, 0.3) is 11.1 Å². The largest absolute Gasteiger partial charge is 0.427 e. The van der Waals surface area contributed by atoms with Crippen LogP contribution < -0.4 is 14.2 Å². The van der Waals surface area contributed by atoms with Gasteiger partial charge in [0, 0.05) is 38.9 Å². The average molecular weight is 474 g/mol. The van der Waals surface area contributed by atoms with Gasteiger partial charge in [-0.15, -0.1) is 12.4 Å². The number of hydrogen-bond donors (Lipinski definition) is 0. The van der Waals surface area contributed by atoms with Gasteiger partial charge in [-0.05, 0) is 66.3 Å². The zero-order chi connectivity index (χ0) is 23.0. The number of esters is 3. The third-order valence-electron chi connectivity index (χ3n) is 5.84. The minimum Gasteiger partial charge on any atom is -0.427 e. The normalized spacial score (nSPS) is 16.1. The van der Waals surface area contributed by atoms with Crippen LogP contribution in [0.4, 0.5) is 0 Å². The molecule has 1 heterocycles. The van der Waals surface area contributed by atoms with Crippen LogP contribution in [0, 0.1) is 0 Å². The predicted molar refractivity (Wildman–Crippen MR) is 125 cm³/mol. The molecule has 0 fully saturated rings. The Labute approximate surface area is 199 Å². The maximum Gasteiger partial charge on any atom is 0.308 e. The Morgan fingerprint density at radius 3 is 2.30 bits per heavy atom. The van der Waals surface area contributed by atoms with Crippen LogP contribution in [0.3, 0.4) is 0 Å². The second-order valence-electron chi connectivity index (χ2n) is 8.26. The highest BCUT2D eigenvalue weighted by Gasteiger charge is 2.37. The van der Waals surface area contributed by atoms with Crippen molar-refractivity contribution in [3.63, 3.8) is 0 Å². The number of halogens is 1. The predicted octanol–water partition coefficient (Wildman–Crippen LogP) is 4.42. The summed E-state index contributed by atoms with van der Waals surface area (Å²) in [6.45, 7) is 8.06. The molecule has 1 aliphatic carbocycles. The summed E-state index contributed by atoms with van der Waals surface area (Å²) in [6.07, 6.45) is 2.62. The molecule has 1 unspecified atom stereocenters. The summed E-state index contributed by atoms with van der Waals surface area (Å²) in [5, 5.41) is 0. The quantitative estimate of drug-likeness (QED) is 0.469. The van der Waals surface area contributed by atoms with E-state index >= 15 is 0 Å². The van der Waals surface area contributed by atoms with E-state index in [2.05, 4.69) is 11.8 Å². The lowest BCUT2D eigenvalue weighted by atomic mass is 9.76. The van der Waals surface area contributed by atoms with E-state index in [0.29, 0.717) is 11.3 Å².